The minimum Gasteiger partial charge on any atom is -0.366 e. The Morgan fingerprint density at radius 3 is 2.70 bits per heavy atom. The maximum Gasteiger partial charge on any atom is 0.339 e. The zero-order valence-electron chi connectivity index (χ0n) is 16.5. The Hall–Kier alpha value is -2.82. The number of nitrogens with one attached hydrogen (secondary N) is 2. The molecule has 0 saturated heterocycles. The topological polar surface area (TPSA) is 56.7 Å². The van der Waals surface area contributed by atoms with Gasteiger partial charge in [0, 0.05) is 23.5 Å². The van der Waals surface area contributed by atoms with Gasteiger partial charge in [-0.15, -0.1) is 0 Å². The van der Waals surface area contributed by atoms with E-state index in [1.54, 1.807) is 6.21 Å². The maximum atomic E-state index is 11.9. The van der Waals surface area contributed by atoms with Crippen molar-refractivity contribution in [1.82, 2.24) is 5.43 Å². The fourth-order valence-corrected chi connectivity index (χ4v) is 4.03. The summed E-state index contributed by atoms with van der Waals surface area (Å²) in [6.45, 7) is 10.1. The summed E-state index contributed by atoms with van der Waals surface area (Å²) in [5, 5.41) is 6.82. The number of urea groups is 1. The van der Waals surface area contributed by atoms with Gasteiger partial charge in [0.1, 0.15) is 0 Å². The molecule has 2 amide bonds. The first-order valence-corrected chi connectivity index (χ1v) is 9.47. The molecule has 0 aromatic heterocycles. The number of fused-ring (bicyclic) bond motifs is 1. The van der Waals surface area contributed by atoms with Crippen LogP contribution in [-0.2, 0) is 0 Å². The van der Waals surface area contributed by atoms with Crippen LogP contribution in [0.4, 0.5) is 16.2 Å². The predicted octanol–water partition coefficient (Wildman–Crippen LogP) is 4.95. The molecule has 2 aromatic carbocycles. The number of carbonyl (C=O) groups is 1. The Bertz CT molecular complexity index is 829. The molecule has 5 heteroatoms. The lowest BCUT2D eigenvalue weighted by atomic mass is 9.79. The van der Waals surface area contributed by atoms with Gasteiger partial charge in [-0.3, -0.25) is 0 Å². The fraction of sp³-hybridized carbons (Fsp3) is 0.364. The largest absolute Gasteiger partial charge is 0.366 e. The summed E-state index contributed by atoms with van der Waals surface area (Å²) in [6, 6.07) is 15.3. The molecule has 0 fully saturated rings. The van der Waals surface area contributed by atoms with Crippen LogP contribution >= 0.6 is 0 Å². The van der Waals surface area contributed by atoms with Gasteiger partial charge in [0.15, 0.2) is 0 Å². The summed E-state index contributed by atoms with van der Waals surface area (Å²) >= 11 is 0. The molecule has 0 spiro atoms. The summed E-state index contributed by atoms with van der Waals surface area (Å²) in [4.78, 5) is 14.4. The van der Waals surface area contributed by atoms with Gasteiger partial charge in [0.05, 0.1) is 6.21 Å². The van der Waals surface area contributed by atoms with E-state index in [4.69, 9.17) is 0 Å². The number of hydrazone groups is 1. The van der Waals surface area contributed by atoms with Crippen molar-refractivity contribution in [3.63, 3.8) is 0 Å². The van der Waals surface area contributed by atoms with E-state index in [0.29, 0.717) is 5.92 Å². The zero-order valence-corrected chi connectivity index (χ0v) is 16.5. The van der Waals surface area contributed by atoms with Crippen molar-refractivity contribution in [3.05, 3.63) is 59.7 Å². The van der Waals surface area contributed by atoms with Gasteiger partial charge in [0.2, 0.25) is 0 Å². The van der Waals surface area contributed by atoms with Crippen LogP contribution < -0.4 is 15.6 Å². The van der Waals surface area contributed by atoms with Crippen LogP contribution in [0.5, 0.6) is 0 Å². The Kier molecular flexibility index (Phi) is 5.49. The van der Waals surface area contributed by atoms with Gasteiger partial charge in [-0.05, 0) is 68.5 Å². The van der Waals surface area contributed by atoms with E-state index >= 15 is 0 Å². The molecule has 2 aromatic rings. The normalized spacial score (nSPS) is 18.2. The zero-order chi connectivity index (χ0) is 19.4. The number of carbonyl (C=O) groups excluding carboxylic acids is 1. The molecule has 5 nitrogen and oxygen atoms in total. The number of anilines is 2. The third kappa shape index (κ3) is 4.30. The van der Waals surface area contributed by atoms with Gasteiger partial charge in [-0.2, -0.15) is 5.10 Å². The van der Waals surface area contributed by atoms with Crippen LogP contribution in [0.1, 0.15) is 51.2 Å². The molecular weight excluding hydrogens is 336 g/mol. The molecule has 2 N–H and O–H groups in total. The van der Waals surface area contributed by atoms with E-state index < -0.39 is 0 Å². The average molecular weight is 364 g/mol. The van der Waals surface area contributed by atoms with Crippen LogP contribution in [-0.4, -0.2) is 24.3 Å². The van der Waals surface area contributed by atoms with Crippen LogP contribution in [0.3, 0.4) is 0 Å². The second kappa shape index (κ2) is 7.82. The molecule has 0 radical (unpaired) electrons. The van der Waals surface area contributed by atoms with Crippen LogP contribution in [0, 0.1) is 0 Å². The molecule has 0 saturated carbocycles. The highest BCUT2D eigenvalue weighted by atomic mass is 16.2. The quantitative estimate of drug-likeness (QED) is 0.595. The van der Waals surface area contributed by atoms with E-state index in [2.05, 4.69) is 66.6 Å². The summed E-state index contributed by atoms with van der Waals surface area (Å²) in [7, 11) is 0. The molecule has 0 unspecified atom stereocenters. The Morgan fingerprint density at radius 2 is 2.00 bits per heavy atom. The van der Waals surface area contributed by atoms with Gasteiger partial charge >= 0.3 is 6.03 Å². The number of hydrogen-bond donors (Lipinski definition) is 2. The number of hydrogen-bond acceptors (Lipinski definition) is 3. The van der Waals surface area contributed by atoms with E-state index in [1.165, 1.54) is 11.3 Å². The van der Waals surface area contributed by atoms with Crippen molar-refractivity contribution in [2.45, 2.75) is 45.6 Å². The third-order valence-electron chi connectivity index (χ3n) is 5.14. The van der Waals surface area contributed by atoms with Gasteiger partial charge in [-0.25, -0.2) is 10.2 Å². The second-order valence-corrected chi connectivity index (χ2v) is 7.67. The first-order chi connectivity index (χ1) is 12.9. The van der Waals surface area contributed by atoms with E-state index in [0.717, 1.165) is 24.2 Å². The number of nitrogens with zero attached hydrogens (tertiary/aromatic N) is 2. The van der Waals surface area contributed by atoms with Crippen molar-refractivity contribution >= 4 is 23.6 Å². The number of benzene rings is 2. The number of para-hydroxylation sites is 1. The number of amides is 2. The standard InChI is InChI=1S/C22H28N4O/c1-5-26-20-12-11-17(13-19(20)16(2)14-22(26,3)4)15-23-25-21(27)24-18-9-7-6-8-10-18/h6-13,15-16H,5,14H2,1-4H3,(H2,24,25,27)/b23-15+/t16-/m0/s1. The van der Waals surface area contributed by atoms with Crippen LogP contribution in [0.15, 0.2) is 53.6 Å². The lowest BCUT2D eigenvalue weighted by molar-refractivity contribution is 0.252. The highest BCUT2D eigenvalue weighted by Gasteiger charge is 2.35. The summed E-state index contributed by atoms with van der Waals surface area (Å²) in [5.74, 6) is 0.487. The minimum absolute atomic E-state index is 0.161. The SMILES string of the molecule is CCN1c2ccc(/C=N/NC(=O)Nc3ccccc3)cc2[C@@H](C)CC1(C)C. The molecular formula is C22H28N4O. The molecule has 27 heavy (non-hydrogen) atoms. The van der Waals surface area contributed by atoms with Crippen molar-refractivity contribution in [3.8, 4) is 0 Å². The Balaban J connectivity index is 1.69. The lowest BCUT2D eigenvalue weighted by Crippen LogP contribution is -2.48. The van der Waals surface area contributed by atoms with Crippen molar-refractivity contribution in [2.24, 2.45) is 5.10 Å². The minimum atomic E-state index is -0.359. The monoisotopic (exact) mass is 364 g/mol. The van der Waals surface area contributed by atoms with E-state index in [1.807, 2.05) is 30.3 Å². The summed E-state index contributed by atoms with van der Waals surface area (Å²) in [6.07, 6.45) is 2.81. The molecule has 1 aliphatic rings. The summed E-state index contributed by atoms with van der Waals surface area (Å²) in [5.41, 5.74) is 7.03. The second-order valence-electron chi connectivity index (χ2n) is 7.67. The molecule has 142 valence electrons. The van der Waals surface area contributed by atoms with Crippen LogP contribution in [0.2, 0.25) is 0 Å². The van der Waals surface area contributed by atoms with Crippen molar-refractivity contribution in [2.75, 3.05) is 16.8 Å². The van der Waals surface area contributed by atoms with E-state index in [9.17, 15) is 4.79 Å². The maximum absolute atomic E-state index is 11.9. The lowest BCUT2D eigenvalue weighted by Gasteiger charge is -2.47. The fourth-order valence-electron chi connectivity index (χ4n) is 4.03. The van der Waals surface area contributed by atoms with Gasteiger partial charge in [-0.1, -0.05) is 31.2 Å². The van der Waals surface area contributed by atoms with Gasteiger partial charge < -0.3 is 10.2 Å². The third-order valence-corrected chi connectivity index (χ3v) is 5.14. The smallest absolute Gasteiger partial charge is 0.339 e. The van der Waals surface area contributed by atoms with Crippen molar-refractivity contribution in [1.29, 1.82) is 0 Å². The first-order valence-electron chi connectivity index (χ1n) is 9.47. The predicted molar refractivity (Wildman–Crippen MR) is 113 cm³/mol. The highest BCUT2D eigenvalue weighted by molar-refractivity contribution is 5.90. The molecule has 3 rings (SSSR count). The van der Waals surface area contributed by atoms with Gasteiger partial charge in [0.25, 0.3) is 0 Å². The molecule has 0 aliphatic carbocycles. The van der Waals surface area contributed by atoms with Crippen molar-refractivity contribution < 1.29 is 4.79 Å². The molecule has 1 aliphatic heterocycles. The van der Waals surface area contributed by atoms with Crippen LogP contribution in [0.25, 0.3) is 0 Å². The molecule has 0 bridgehead atoms. The summed E-state index contributed by atoms with van der Waals surface area (Å²) < 4.78 is 0. The number of rotatable bonds is 4. The average Bonchev–Trinajstić information content (AvgIpc) is 2.62. The molecule has 1 atom stereocenters. The highest BCUT2D eigenvalue weighted by Crippen LogP contribution is 2.43. The Morgan fingerprint density at radius 1 is 1.26 bits per heavy atom. The van der Waals surface area contributed by atoms with E-state index in [-0.39, 0.29) is 11.6 Å². The molecule has 1 heterocycles. The Labute approximate surface area is 161 Å². The first kappa shape index (κ1) is 19.0.